The normalized spacial score (nSPS) is 22.3. The number of esters is 1. The average Bonchev–Trinajstić information content (AvgIpc) is 3.25. The molecule has 4 atom stereocenters. The Bertz CT molecular complexity index is 1420. The van der Waals surface area contributed by atoms with Crippen LogP contribution in [-0.4, -0.2) is 38.8 Å². The molecular formula is C27H26N2O5S. The third-order valence-corrected chi connectivity index (χ3v) is 8.02. The van der Waals surface area contributed by atoms with Gasteiger partial charge in [-0.2, -0.15) is 10.5 Å². The van der Waals surface area contributed by atoms with Crippen LogP contribution in [0.1, 0.15) is 34.1 Å². The monoisotopic (exact) mass is 490 g/mol. The number of nitrogens with zero attached hydrogens (tertiary/aromatic N) is 1. The zero-order valence-corrected chi connectivity index (χ0v) is 20.3. The summed E-state index contributed by atoms with van der Waals surface area (Å²) < 4.78 is 13.2. The first-order valence-corrected chi connectivity index (χ1v) is 12.5. The summed E-state index contributed by atoms with van der Waals surface area (Å²) in [5.41, 5.74) is -0.465. The Labute approximate surface area is 205 Å². The van der Waals surface area contributed by atoms with Crippen LogP contribution in [0.15, 0.2) is 75.3 Å². The number of aryl methyl sites for hydroxylation is 2. The molecule has 1 fully saturated rings. The summed E-state index contributed by atoms with van der Waals surface area (Å²) in [6.45, 7) is 3.42. The first-order chi connectivity index (χ1) is 16.7. The molecule has 0 spiro atoms. The van der Waals surface area contributed by atoms with E-state index in [-0.39, 0.29) is 11.9 Å². The molecule has 0 aliphatic carbocycles. The Kier molecular flexibility index (Phi) is 6.92. The number of hydrogen-bond acceptors (Lipinski definition) is 5. The molecule has 0 amide bonds. The summed E-state index contributed by atoms with van der Waals surface area (Å²) >= 11 is 0. The van der Waals surface area contributed by atoms with E-state index in [9.17, 15) is 14.4 Å². The lowest BCUT2D eigenvalue weighted by atomic mass is 10.0. The Balaban J connectivity index is 1.69. The predicted molar refractivity (Wildman–Crippen MR) is 137 cm³/mol. The number of carbonyl (C=O) groups is 1. The van der Waals surface area contributed by atoms with Crippen molar-refractivity contribution in [3.8, 4) is 12.3 Å². The van der Waals surface area contributed by atoms with Gasteiger partial charge in [0.1, 0.15) is 6.61 Å². The standard InChI is InChI=1S/C27H26N2O5S/c1-5-27(17-33-25(31)20-9-7-6-8-10-20)15-22(35(4)21-13-11-18(2)12-14-21)24(34-27)29-16-19(3)23(30)28-26(29)32/h1,6-14,16,22,24H,4,15,17H2,2-3H3,(H,28,30,32)/t22-,24-,27+,35?/m1/s1. The third kappa shape index (κ3) is 5.06. The number of H-pyrrole nitrogens is 1. The molecule has 0 radical (unpaired) electrons. The first kappa shape index (κ1) is 24.5. The number of benzene rings is 2. The molecule has 180 valence electrons. The second-order valence-electron chi connectivity index (χ2n) is 8.55. The van der Waals surface area contributed by atoms with Crippen molar-refractivity contribution in [3.05, 3.63) is 98.3 Å². The zero-order valence-electron chi connectivity index (χ0n) is 19.5. The molecular weight excluding hydrogens is 464 g/mol. The maximum absolute atomic E-state index is 12.8. The number of terminal acetylenes is 1. The van der Waals surface area contributed by atoms with Crippen molar-refractivity contribution < 1.29 is 14.3 Å². The van der Waals surface area contributed by atoms with E-state index < -0.39 is 39.5 Å². The summed E-state index contributed by atoms with van der Waals surface area (Å²) in [6, 6.07) is 16.6. The molecule has 1 unspecified atom stereocenters. The Morgan fingerprint density at radius 1 is 1.23 bits per heavy atom. The second-order valence-corrected chi connectivity index (χ2v) is 10.5. The van der Waals surface area contributed by atoms with Gasteiger partial charge in [0.25, 0.3) is 5.56 Å². The number of aromatic amines is 1. The van der Waals surface area contributed by atoms with Gasteiger partial charge in [-0.3, -0.25) is 14.3 Å². The van der Waals surface area contributed by atoms with Crippen LogP contribution in [0.2, 0.25) is 0 Å². The predicted octanol–water partition coefficient (Wildman–Crippen LogP) is 3.43. The van der Waals surface area contributed by atoms with E-state index in [2.05, 4.69) is 16.8 Å². The lowest BCUT2D eigenvalue weighted by Gasteiger charge is -2.24. The minimum atomic E-state index is -1.27. The first-order valence-electron chi connectivity index (χ1n) is 11.0. The smallest absolute Gasteiger partial charge is 0.338 e. The quantitative estimate of drug-likeness (QED) is 0.325. The molecule has 1 aromatic heterocycles. The van der Waals surface area contributed by atoms with Gasteiger partial charge in [0.15, 0.2) is 11.8 Å². The molecule has 4 rings (SSSR count). The van der Waals surface area contributed by atoms with Crippen LogP contribution in [0.4, 0.5) is 0 Å². The van der Waals surface area contributed by atoms with Crippen molar-refractivity contribution in [2.24, 2.45) is 0 Å². The molecule has 1 aliphatic heterocycles. The Morgan fingerprint density at radius 2 is 1.91 bits per heavy atom. The van der Waals surface area contributed by atoms with Crippen LogP contribution in [0.3, 0.4) is 0 Å². The molecule has 8 heteroatoms. The zero-order chi connectivity index (χ0) is 25.2. The van der Waals surface area contributed by atoms with Gasteiger partial charge in [-0.05, 0) is 38.1 Å². The number of nitrogens with one attached hydrogen (secondary N) is 1. The van der Waals surface area contributed by atoms with Gasteiger partial charge < -0.3 is 9.47 Å². The van der Waals surface area contributed by atoms with Crippen molar-refractivity contribution in [1.82, 2.24) is 9.55 Å². The van der Waals surface area contributed by atoms with Gasteiger partial charge in [0.05, 0.1) is 10.8 Å². The SMILES string of the molecule is C#C[C@@]1(COC(=O)c2ccccc2)C[C@@H](S(=C)c2ccc(C)cc2)[C@H](n2cc(C)c(=O)[nH]c2=O)O1. The van der Waals surface area contributed by atoms with Gasteiger partial charge in [-0.25, -0.2) is 9.59 Å². The van der Waals surface area contributed by atoms with Crippen molar-refractivity contribution in [1.29, 1.82) is 0 Å². The van der Waals surface area contributed by atoms with Crippen molar-refractivity contribution >= 4 is 22.3 Å². The fourth-order valence-electron chi connectivity index (χ4n) is 3.99. The fourth-order valence-corrected chi connectivity index (χ4v) is 5.76. The highest BCUT2D eigenvalue weighted by molar-refractivity contribution is 8.14. The molecule has 35 heavy (non-hydrogen) atoms. The minimum absolute atomic E-state index is 0.188. The summed E-state index contributed by atoms with van der Waals surface area (Å²) in [5, 5.41) is -0.313. The van der Waals surface area contributed by atoms with Gasteiger partial charge in [-0.1, -0.05) is 47.7 Å². The van der Waals surface area contributed by atoms with Crippen molar-refractivity contribution in [2.45, 2.75) is 42.2 Å². The highest BCUT2D eigenvalue weighted by Crippen LogP contribution is 2.48. The van der Waals surface area contributed by atoms with Crippen LogP contribution >= 0.6 is 10.5 Å². The average molecular weight is 491 g/mol. The Hall–Kier alpha value is -3.67. The van der Waals surface area contributed by atoms with Gasteiger partial charge in [0.2, 0.25) is 0 Å². The van der Waals surface area contributed by atoms with E-state index >= 15 is 0 Å². The van der Waals surface area contributed by atoms with Crippen LogP contribution < -0.4 is 11.2 Å². The minimum Gasteiger partial charge on any atom is -0.458 e. The number of carbonyl (C=O) groups excluding carboxylic acids is 1. The van der Waals surface area contributed by atoms with Gasteiger partial charge in [0, 0.05) is 23.1 Å². The summed E-state index contributed by atoms with van der Waals surface area (Å²) in [5.74, 6) is 6.54. The highest BCUT2D eigenvalue weighted by atomic mass is 32.2. The van der Waals surface area contributed by atoms with E-state index in [1.54, 1.807) is 37.3 Å². The molecule has 2 aromatic carbocycles. The molecule has 1 aliphatic rings. The maximum atomic E-state index is 12.8. The van der Waals surface area contributed by atoms with Crippen LogP contribution in [0, 0.1) is 26.2 Å². The maximum Gasteiger partial charge on any atom is 0.338 e. The lowest BCUT2D eigenvalue weighted by Crippen LogP contribution is -2.37. The lowest BCUT2D eigenvalue weighted by molar-refractivity contribution is -0.0700. The van der Waals surface area contributed by atoms with E-state index in [4.69, 9.17) is 15.9 Å². The number of hydrogen-bond donors (Lipinski definition) is 1. The van der Waals surface area contributed by atoms with Crippen LogP contribution in [0.25, 0.3) is 0 Å². The number of rotatable bonds is 6. The van der Waals surface area contributed by atoms with Crippen molar-refractivity contribution in [3.63, 3.8) is 0 Å². The van der Waals surface area contributed by atoms with Crippen LogP contribution in [0.5, 0.6) is 0 Å². The topological polar surface area (TPSA) is 90.4 Å². The molecule has 7 nitrogen and oxygen atoms in total. The largest absolute Gasteiger partial charge is 0.458 e. The molecule has 1 N–H and O–H groups in total. The Morgan fingerprint density at radius 3 is 2.57 bits per heavy atom. The third-order valence-electron chi connectivity index (χ3n) is 6.01. The fraction of sp³-hybridized carbons (Fsp3) is 0.259. The second kappa shape index (κ2) is 9.90. The van der Waals surface area contributed by atoms with Crippen molar-refractivity contribution in [2.75, 3.05) is 6.61 Å². The molecule has 1 saturated heterocycles. The molecule has 0 saturated carbocycles. The van der Waals surface area contributed by atoms with E-state index in [0.29, 0.717) is 17.5 Å². The van der Waals surface area contributed by atoms with E-state index in [1.807, 2.05) is 31.2 Å². The van der Waals surface area contributed by atoms with E-state index in [1.165, 1.54) is 10.8 Å². The highest BCUT2D eigenvalue weighted by Gasteiger charge is 2.49. The molecule has 3 aromatic rings. The van der Waals surface area contributed by atoms with Crippen LogP contribution in [-0.2, 0) is 9.47 Å². The number of ether oxygens (including phenoxy) is 2. The summed E-state index contributed by atoms with van der Waals surface area (Å²) in [7, 11) is -0.629. The van der Waals surface area contributed by atoms with Gasteiger partial charge >= 0.3 is 11.7 Å². The summed E-state index contributed by atoms with van der Waals surface area (Å²) in [4.78, 5) is 40.6. The van der Waals surface area contributed by atoms with Gasteiger partial charge in [-0.15, -0.1) is 6.42 Å². The molecule has 2 heterocycles. The summed E-state index contributed by atoms with van der Waals surface area (Å²) in [6.07, 6.45) is 6.88. The van der Waals surface area contributed by atoms with E-state index in [0.717, 1.165) is 10.5 Å². The molecule has 0 bridgehead atoms. The number of aromatic nitrogens is 2.